The predicted octanol–water partition coefficient (Wildman–Crippen LogP) is 2.08. The van der Waals surface area contributed by atoms with E-state index in [-0.39, 0.29) is 23.5 Å². The highest BCUT2D eigenvalue weighted by molar-refractivity contribution is 5.94. The largest absolute Gasteiger partial charge is 0.508 e. The maximum Gasteiger partial charge on any atom is 0.303 e. The quantitative estimate of drug-likeness (QED) is 0.769. The third-order valence-electron chi connectivity index (χ3n) is 4.02. The normalized spacial score (nSPS) is 16.2. The summed E-state index contributed by atoms with van der Waals surface area (Å²) >= 11 is 0. The molecule has 0 bridgehead atoms. The second-order valence-corrected chi connectivity index (χ2v) is 5.61. The maximum atomic E-state index is 12.0. The van der Waals surface area contributed by atoms with Crippen molar-refractivity contribution in [1.29, 1.82) is 0 Å². The van der Waals surface area contributed by atoms with E-state index in [1.54, 1.807) is 19.1 Å². The van der Waals surface area contributed by atoms with Gasteiger partial charge in [0.15, 0.2) is 0 Å². The van der Waals surface area contributed by atoms with Crippen molar-refractivity contribution < 1.29 is 19.8 Å². The van der Waals surface area contributed by atoms with Gasteiger partial charge in [0.2, 0.25) is 0 Å². The first kappa shape index (κ1) is 14.4. The number of phenolic OH excluding ortho intramolecular Hbond substituents is 1. The Kier molecular flexibility index (Phi) is 3.97. The summed E-state index contributed by atoms with van der Waals surface area (Å²) in [6, 6.07) is 4.66. The standard InChI is InChI=1S/C15H19NO4/c1-10-7-11(3-4-12(10)17)14(20)16-9-15(5-2-6-15)8-13(18)19/h3-4,7,17H,2,5-6,8-9H2,1H3,(H,16,20)(H,18,19). The first-order chi connectivity index (χ1) is 9.42. The highest BCUT2D eigenvalue weighted by atomic mass is 16.4. The molecule has 0 aliphatic heterocycles. The molecular weight excluding hydrogens is 258 g/mol. The third kappa shape index (κ3) is 3.10. The fourth-order valence-corrected chi connectivity index (χ4v) is 2.58. The Balaban J connectivity index is 1.97. The molecule has 0 heterocycles. The lowest BCUT2D eigenvalue weighted by molar-refractivity contribution is -0.141. The molecule has 1 aliphatic rings. The van der Waals surface area contributed by atoms with E-state index in [1.165, 1.54) is 6.07 Å². The van der Waals surface area contributed by atoms with E-state index < -0.39 is 5.97 Å². The predicted molar refractivity (Wildman–Crippen MR) is 73.7 cm³/mol. The lowest BCUT2D eigenvalue weighted by atomic mass is 9.66. The smallest absolute Gasteiger partial charge is 0.303 e. The van der Waals surface area contributed by atoms with Crippen LogP contribution in [0.5, 0.6) is 5.75 Å². The molecule has 0 radical (unpaired) electrons. The number of nitrogens with one attached hydrogen (secondary N) is 1. The Bertz CT molecular complexity index is 535. The molecule has 1 fully saturated rings. The summed E-state index contributed by atoms with van der Waals surface area (Å²) in [5.41, 5.74) is 0.833. The SMILES string of the molecule is Cc1cc(C(=O)NCC2(CC(=O)O)CCC2)ccc1O. The van der Waals surface area contributed by atoms with Gasteiger partial charge >= 0.3 is 5.97 Å². The number of hydrogen-bond donors (Lipinski definition) is 3. The Labute approximate surface area is 117 Å². The van der Waals surface area contributed by atoms with Crippen LogP contribution in [-0.4, -0.2) is 28.6 Å². The number of benzene rings is 1. The van der Waals surface area contributed by atoms with E-state index in [2.05, 4.69) is 5.32 Å². The molecule has 108 valence electrons. The van der Waals surface area contributed by atoms with Gasteiger partial charge in [0.25, 0.3) is 5.91 Å². The van der Waals surface area contributed by atoms with Gasteiger partial charge in [-0.2, -0.15) is 0 Å². The van der Waals surface area contributed by atoms with Gasteiger partial charge in [-0.25, -0.2) is 0 Å². The molecule has 20 heavy (non-hydrogen) atoms. The molecule has 1 aliphatic carbocycles. The number of carbonyl (C=O) groups is 2. The number of carboxylic acids is 1. The van der Waals surface area contributed by atoms with E-state index in [9.17, 15) is 14.7 Å². The summed E-state index contributed by atoms with van der Waals surface area (Å²) in [5.74, 6) is -0.896. The summed E-state index contributed by atoms with van der Waals surface area (Å²) in [6.45, 7) is 2.11. The number of amides is 1. The fraction of sp³-hybridized carbons (Fsp3) is 0.467. The van der Waals surface area contributed by atoms with Crippen molar-refractivity contribution in [3.05, 3.63) is 29.3 Å². The summed E-state index contributed by atoms with van der Waals surface area (Å²) in [5, 5.41) is 21.2. The number of phenols is 1. The Morgan fingerprint density at radius 1 is 1.35 bits per heavy atom. The van der Waals surface area contributed by atoms with Gasteiger partial charge < -0.3 is 15.5 Å². The number of rotatable bonds is 5. The van der Waals surface area contributed by atoms with Crippen LogP contribution in [0.25, 0.3) is 0 Å². The number of aromatic hydroxyl groups is 1. The van der Waals surface area contributed by atoms with Crippen LogP contribution >= 0.6 is 0 Å². The van der Waals surface area contributed by atoms with Crippen LogP contribution in [0.2, 0.25) is 0 Å². The molecule has 1 aromatic rings. The molecule has 2 rings (SSSR count). The maximum absolute atomic E-state index is 12.0. The van der Waals surface area contributed by atoms with Crippen LogP contribution in [0.15, 0.2) is 18.2 Å². The highest BCUT2D eigenvalue weighted by Gasteiger charge is 2.39. The zero-order valence-corrected chi connectivity index (χ0v) is 11.5. The summed E-state index contributed by atoms with van der Waals surface area (Å²) in [4.78, 5) is 22.9. The molecular formula is C15H19NO4. The van der Waals surface area contributed by atoms with Crippen LogP contribution in [0.1, 0.15) is 41.6 Å². The highest BCUT2D eigenvalue weighted by Crippen LogP contribution is 2.43. The second-order valence-electron chi connectivity index (χ2n) is 5.61. The molecule has 1 aromatic carbocycles. The van der Waals surface area contributed by atoms with Crippen molar-refractivity contribution in [1.82, 2.24) is 5.32 Å². The number of carboxylic acid groups (broad SMARTS) is 1. The number of hydrogen-bond acceptors (Lipinski definition) is 3. The lowest BCUT2D eigenvalue weighted by Gasteiger charge is -2.40. The molecule has 0 saturated heterocycles. The molecule has 0 aromatic heterocycles. The van der Waals surface area contributed by atoms with E-state index in [4.69, 9.17) is 5.11 Å². The van der Waals surface area contributed by atoms with Gasteiger partial charge in [0.05, 0.1) is 6.42 Å². The molecule has 5 heteroatoms. The van der Waals surface area contributed by atoms with Gasteiger partial charge in [-0.1, -0.05) is 6.42 Å². The number of aliphatic carboxylic acids is 1. The first-order valence-corrected chi connectivity index (χ1v) is 6.71. The van der Waals surface area contributed by atoms with Crippen molar-refractivity contribution in [3.8, 4) is 5.75 Å². The number of carbonyl (C=O) groups excluding carboxylic acids is 1. The van der Waals surface area contributed by atoms with Gasteiger partial charge in [0.1, 0.15) is 5.75 Å². The van der Waals surface area contributed by atoms with Gasteiger partial charge in [-0.3, -0.25) is 9.59 Å². The van der Waals surface area contributed by atoms with Crippen LogP contribution in [-0.2, 0) is 4.79 Å². The fourth-order valence-electron chi connectivity index (χ4n) is 2.58. The van der Waals surface area contributed by atoms with Crippen molar-refractivity contribution in [2.24, 2.45) is 5.41 Å². The van der Waals surface area contributed by atoms with E-state index in [0.717, 1.165) is 19.3 Å². The molecule has 0 atom stereocenters. The lowest BCUT2D eigenvalue weighted by Crippen LogP contribution is -2.43. The number of aryl methyl sites for hydroxylation is 1. The Morgan fingerprint density at radius 2 is 2.05 bits per heavy atom. The Hall–Kier alpha value is -2.04. The monoisotopic (exact) mass is 277 g/mol. The molecule has 0 spiro atoms. The third-order valence-corrected chi connectivity index (χ3v) is 4.02. The van der Waals surface area contributed by atoms with Crippen molar-refractivity contribution in [3.63, 3.8) is 0 Å². The zero-order chi connectivity index (χ0) is 14.8. The average molecular weight is 277 g/mol. The molecule has 3 N–H and O–H groups in total. The van der Waals surface area contributed by atoms with E-state index >= 15 is 0 Å². The van der Waals surface area contributed by atoms with Crippen molar-refractivity contribution >= 4 is 11.9 Å². The minimum Gasteiger partial charge on any atom is -0.508 e. The molecule has 0 unspecified atom stereocenters. The van der Waals surface area contributed by atoms with Gasteiger partial charge in [-0.05, 0) is 48.9 Å². The molecule has 5 nitrogen and oxygen atoms in total. The van der Waals surface area contributed by atoms with Crippen LogP contribution in [0.4, 0.5) is 0 Å². The minimum absolute atomic E-state index is 0.0991. The zero-order valence-electron chi connectivity index (χ0n) is 11.5. The topological polar surface area (TPSA) is 86.6 Å². The summed E-state index contributed by atoms with van der Waals surface area (Å²) in [7, 11) is 0. The summed E-state index contributed by atoms with van der Waals surface area (Å²) < 4.78 is 0. The van der Waals surface area contributed by atoms with E-state index in [1.807, 2.05) is 0 Å². The van der Waals surface area contributed by atoms with Crippen LogP contribution in [0, 0.1) is 12.3 Å². The van der Waals surface area contributed by atoms with Crippen LogP contribution < -0.4 is 5.32 Å². The van der Waals surface area contributed by atoms with Gasteiger partial charge in [0, 0.05) is 12.1 Å². The van der Waals surface area contributed by atoms with Crippen molar-refractivity contribution in [2.45, 2.75) is 32.6 Å². The first-order valence-electron chi connectivity index (χ1n) is 6.71. The summed E-state index contributed by atoms with van der Waals surface area (Å²) in [6.07, 6.45) is 2.80. The molecule has 1 saturated carbocycles. The average Bonchev–Trinajstić information content (AvgIpc) is 2.35. The van der Waals surface area contributed by atoms with Crippen LogP contribution in [0.3, 0.4) is 0 Å². The molecule has 1 amide bonds. The van der Waals surface area contributed by atoms with Gasteiger partial charge in [-0.15, -0.1) is 0 Å². The van der Waals surface area contributed by atoms with Crippen molar-refractivity contribution in [2.75, 3.05) is 6.54 Å². The Morgan fingerprint density at radius 3 is 2.55 bits per heavy atom. The second kappa shape index (κ2) is 5.53. The van der Waals surface area contributed by atoms with E-state index in [0.29, 0.717) is 17.7 Å². The minimum atomic E-state index is -0.820.